The molecule has 158 valence electrons. The molecule has 3 nitrogen and oxygen atoms in total. The van der Waals surface area contributed by atoms with Crippen molar-refractivity contribution in [2.45, 2.75) is 77.2 Å². The van der Waals surface area contributed by atoms with Gasteiger partial charge in [0.25, 0.3) is 0 Å². The molecule has 1 heterocycles. The quantitative estimate of drug-likeness (QED) is 0.648. The van der Waals surface area contributed by atoms with Crippen LogP contribution in [0.3, 0.4) is 0 Å². The van der Waals surface area contributed by atoms with Gasteiger partial charge in [0.1, 0.15) is 5.75 Å². The number of ether oxygens (including phenoxy) is 1. The van der Waals surface area contributed by atoms with Crippen molar-refractivity contribution in [1.29, 1.82) is 0 Å². The van der Waals surface area contributed by atoms with Crippen molar-refractivity contribution in [2.24, 2.45) is 28.6 Å². The molecule has 1 aromatic carbocycles. The van der Waals surface area contributed by atoms with Crippen LogP contribution in [-0.2, 0) is 4.79 Å². The molecule has 0 aromatic heterocycles. The molecular formula is C26H37NO2. The summed E-state index contributed by atoms with van der Waals surface area (Å²) in [6.07, 6.45) is 9.78. The van der Waals surface area contributed by atoms with Crippen molar-refractivity contribution in [2.75, 3.05) is 14.2 Å². The van der Waals surface area contributed by atoms with Crippen LogP contribution in [0.4, 0.5) is 0 Å². The van der Waals surface area contributed by atoms with Crippen molar-refractivity contribution in [3.8, 4) is 5.75 Å². The second kappa shape index (κ2) is 6.75. The van der Waals surface area contributed by atoms with Crippen LogP contribution >= 0.6 is 0 Å². The second-order valence-electron chi connectivity index (χ2n) is 10.9. The van der Waals surface area contributed by atoms with Crippen LogP contribution < -0.4 is 4.74 Å². The predicted molar refractivity (Wildman–Crippen MR) is 116 cm³/mol. The number of benzene rings is 1. The number of hydrogen-bond donors (Lipinski definition) is 0. The van der Waals surface area contributed by atoms with Crippen molar-refractivity contribution in [3.05, 3.63) is 29.8 Å². The highest BCUT2D eigenvalue weighted by Crippen LogP contribution is 2.67. The van der Waals surface area contributed by atoms with Crippen LogP contribution in [0.15, 0.2) is 24.3 Å². The average Bonchev–Trinajstić information content (AvgIpc) is 3.08. The summed E-state index contributed by atoms with van der Waals surface area (Å²) in [6.45, 7) is 5.12. The standard InChI is InChI=1S/C26H37NO2/c1-25-15-13-22-19(9-12-23-26(22,2)16-14-24(28)27(23)3)21(25)11-10-20(25)17-5-7-18(29-4)8-6-17/h5-8,19-23H,9-16H2,1-4H3/t19-,20?,21-,22+,23?,25+,26+/m0/s1. The fourth-order valence-electron chi connectivity index (χ4n) is 8.53. The molecule has 7 atom stereocenters. The summed E-state index contributed by atoms with van der Waals surface area (Å²) < 4.78 is 5.38. The minimum atomic E-state index is 0.325. The van der Waals surface area contributed by atoms with Crippen LogP contribution in [-0.4, -0.2) is 31.0 Å². The highest BCUT2D eigenvalue weighted by atomic mass is 16.5. The van der Waals surface area contributed by atoms with Gasteiger partial charge in [-0.2, -0.15) is 0 Å². The highest BCUT2D eigenvalue weighted by Gasteiger charge is 2.61. The molecule has 4 fully saturated rings. The summed E-state index contributed by atoms with van der Waals surface area (Å²) in [5, 5.41) is 0. The molecule has 2 unspecified atom stereocenters. The van der Waals surface area contributed by atoms with E-state index in [2.05, 4.69) is 50.1 Å². The molecule has 1 saturated heterocycles. The lowest BCUT2D eigenvalue weighted by Gasteiger charge is -2.61. The molecule has 5 rings (SSSR count). The Bertz CT molecular complexity index is 788. The van der Waals surface area contributed by atoms with E-state index in [0.29, 0.717) is 28.7 Å². The number of nitrogens with zero attached hydrogens (tertiary/aromatic N) is 1. The first kappa shape index (κ1) is 19.5. The van der Waals surface area contributed by atoms with E-state index < -0.39 is 0 Å². The van der Waals surface area contributed by atoms with Crippen LogP contribution in [0.2, 0.25) is 0 Å². The summed E-state index contributed by atoms with van der Waals surface area (Å²) in [6, 6.07) is 9.36. The van der Waals surface area contributed by atoms with E-state index in [4.69, 9.17) is 4.74 Å². The summed E-state index contributed by atoms with van der Waals surface area (Å²) in [5.74, 6) is 4.49. The van der Waals surface area contributed by atoms with Gasteiger partial charge in [-0.25, -0.2) is 0 Å². The largest absolute Gasteiger partial charge is 0.497 e. The molecule has 1 aromatic rings. The molecule has 0 bridgehead atoms. The van der Waals surface area contributed by atoms with E-state index in [9.17, 15) is 4.79 Å². The number of hydrogen-bond acceptors (Lipinski definition) is 2. The first-order valence-electron chi connectivity index (χ1n) is 11.8. The van der Waals surface area contributed by atoms with Crippen molar-refractivity contribution < 1.29 is 9.53 Å². The first-order valence-corrected chi connectivity index (χ1v) is 11.8. The normalized spacial score (nSPS) is 44.1. The Morgan fingerprint density at radius 2 is 1.66 bits per heavy atom. The number of carbonyl (C=O) groups is 1. The lowest BCUT2D eigenvalue weighted by atomic mass is 9.46. The average molecular weight is 396 g/mol. The summed E-state index contributed by atoms with van der Waals surface area (Å²) in [5.41, 5.74) is 2.26. The van der Waals surface area contributed by atoms with Gasteiger partial charge in [0.15, 0.2) is 0 Å². The minimum absolute atomic E-state index is 0.325. The van der Waals surface area contributed by atoms with Crippen LogP contribution in [0, 0.1) is 28.6 Å². The lowest BCUT2D eigenvalue weighted by Crippen LogP contribution is -2.61. The van der Waals surface area contributed by atoms with Crippen molar-refractivity contribution in [3.63, 3.8) is 0 Å². The van der Waals surface area contributed by atoms with Crippen LogP contribution in [0.1, 0.15) is 76.7 Å². The van der Waals surface area contributed by atoms with Gasteiger partial charge in [0.05, 0.1) is 7.11 Å². The lowest BCUT2D eigenvalue weighted by molar-refractivity contribution is -0.157. The topological polar surface area (TPSA) is 29.5 Å². The number of carbonyl (C=O) groups excluding carboxylic acids is 1. The molecule has 3 saturated carbocycles. The number of piperidine rings is 1. The highest BCUT2D eigenvalue weighted by molar-refractivity contribution is 5.77. The van der Waals surface area contributed by atoms with E-state index in [-0.39, 0.29) is 0 Å². The number of rotatable bonds is 2. The molecule has 0 N–H and O–H groups in total. The smallest absolute Gasteiger partial charge is 0.222 e. The molecule has 29 heavy (non-hydrogen) atoms. The van der Waals surface area contributed by atoms with Crippen molar-refractivity contribution >= 4 is 5.91 Å². The zero-order valence-electron chi connectivity index (χ0n) is 18.6. The molecule has 3 aliphatic carbocycles. The Labute approximate surface area is 176 Å². The van der Waals surface area contributed by atoms with E-state index in [1.807, 2.05) is 0 Å². The number of likely N-dealkylation sites (tertiary alicyclic amines) is 1. The van der Waals surface area contributed by atoms with E-state index in [0.717, 1.165) is 36.3 Å². The van der Waals surface area contributed by atoms with Gasteiger partial charge in [-0.15, -0.1) is 0 Å². The van der Waals surface area contributed by atoms with Crippen LogP contribution in [0.5, 0.6) is 5.75 Å². The monoisotopic (exact) mass is 395 g/mol. The molecule has 0 radical (unpaired) electrons. The third-order valence-electron chi connectivity index (χ3n) is 10.1. The Morgan fingerprint density at radius 3 is 2.38 bits per heavy atom. The Hall–Kier alpha value is -1.51. The van der Waals surface area contributed by atoms with Gasteiger partial charge in [-0.3, -0.25) is 4.79 Å². The van der Waals surface area contributed by atoms with E-state index in [1.165, 1.54) is 44.1 Å². The number of methoxy groups -OCH3 is 1. The Morgan fingerprint density at radius 1 is 0.931 bits per heavy atom. The van der Waals surface area contributed by atoms with Gasteiger partial charge < -0.3 is 9.64 Å². The maximum absolute atomic E-state index is 12.3. The molecule has 4 aliphatic rings. The van der Waals surface area contributed by atoms with E-state index >= 15 is 0 Å². The predicted octanol–water partition coefficient (Wildman–Crippen LogP) is 5.64. The third-order valence-corrected chi connectivity index (χ3v) is 10.1. The zero-order chi connectivity index (χ0) is 20.4. The van der Waals surface area contributed by atoms with E-state index in [1.54, 1.807) is 7.11 Å². The van der Waals surface area contributed by atoms with Gasteiger partial charge in [-0.05, 0) is 97.1 Å². The summed E-state index contributed by atoms with van der Waals surface area (Å²) in [7, 11) is 3.81. The maximum atomic E-state index is 12.3. The van der Waals surface area contributed by atoms with Gasteiger partial charge in [0, 0.05) is 19.5 Å². The van der Waals surface area contributed by atoms with Gasteiger partial charge in [-0.1, -0.05) is 26.0 Å². The molecule has 1 aliphatic heterocycles. The van der Waals surface area contributed by atoms with Crippen LogP contribution in [0.25, 0.3) is 0 Å². The fourth-order valence-corrected chi connectivity index (χ4v) is 8.53. The molecule has 3 heteroatoms. The van der Waals surface area contributed by atoms with Crippen molar-refractivity contribution in [1.82, 2.24) is 4.90 Å². The molecule has 0 spiro atoms. The maximum Gasteiger partial charge on any atom is 0.222 e. The number of fused-ring (bicyclic) bond motifs is 5. The summed E-state index contributed by atoms with van der Waals surface area (Å²) in [4.78, 5) is 14.5. The minimum Gasteiger partial charge on any atom is -0.497 e. The SMILES string of the molecule is COc1ccc(C2CC[C@H]3[C@@H]4CCC5N(C)C(=O)CC[C@]5(C)[C@@H]4CC[C@]23C)cc1. The first-order chi connectivity index (χ1) is 13.9. The Kier molecular flexibility index (Phi) is 4.53. The number of amides is 1. The second-order valence-corrected chi connectivity index (χ2v) is 10.9. The zero-order valence-corrected chi connectivity index (χ0v) is 18.6. The molecule has 1 amide bonds. The third kappa shape index (κ3) is 2.72. The molecular weight excluding hydrogens is 358 g/mol. The Balaban J connectivity index is 1.42. The van der Waals surface area contributed by atoms with Gasteiger partial charge >= 0.3 is 0 Å². The summed E-state index contributed by atoms with van der Waals surface area (Å²) >= 11 is 0. The fraction of sp³-hybridized carbons (Fsp3) is 0.731. The van der Waals surface area contributed by atoms with Gasteiger partial charge in [0.2, 0.25) is 5.91 Å².